The van der Waals surface area contributed by atoms with E-state index in [2.05, 4.69) is 27.5 Å². The van der Waals surface area contributed by atoms with Crippen LogP contribution in [0.25, 0.3) is 11.0 Å². The van der Waals surface area contributed by atoms with Crippen molar-refractivity contribution in [1.29, 1.82) is 0 Å². The van der Waals surface area contributed by atoms with Crippen molar-refractivity contribution in [2.75, 3.05) is 6.54 Å². The Kier molecular flexibility index (Phi) is 11.6. The van der Waals surface area contributed by atoms with E-state index < -0.39 is 116 Å². The molecule has 10 unspecified atom stereocenters. The van der Waals surface area contributed by atoms with E-state index >= 15 is 8.78 Å². The summed E-state index contributed by atoms with van der Waals surface area (Å²) in [5.41, 5.74) is -4.23. The van der Waals surface area contributed by atoms with Crippen LogP contribution < -0.4 is 20.9 Å². The zero-order valence-electron chi connectivity index (χ0n) is 35.2. The first-order valence-electron chi connectivity index (χ1n) is 21.2. The maximum atomic E-state index is 15.3. The highest BCUT2D eigenvalue weighted by Crippen LogP contribution is 2.62. The Bertz CT molecular complexity index is 2250. The molecule has 1 aliphatic heterocycles. The molecule has 2 heterocycles. The Balaban J connectivity index is 0.977. The van der Waals surface area contributed by atoms with E-state index in [1.54, 1.807) is 52.0 Å². The molecule has 0 spiro atoms. The molecule has 19 heteroatoms. The normalized spacial score (nSPS) is 30.7. The molecule has 61 heavy (non-hydrogen) atoms. The molecule has 1 saturated heterocycles. The van der Waals surface area contributed by atoms with Crippen molar-refractivity contribution in [3.63, 3.8) is 0 Å². The first kappa shape index (κ1) is 44.8. The van der Waals surface area contributed by atoms with Gasteiger partial charge in [-0.2, -0.15) is 8.78 Å². The molecule has 4 saturated carbocycles. The van der Waals surface area contributed by atoms with Crippen LogP contribution in [0, 0.1) is 40.9 Å². The molecule has 0 bridgehead atoms. The Hall–Kier alpha value is -4.29. The number of aromatic nitrogens is 2. The number of likely N-dealkylation sites (tertiary alicyclic amines) is 1. The van der Waals surface area contributed by atoms with Gasteiger partial charge >= 0.3 is 6.09 Å². The summed E-state index contributed by atoms with van der Waals surface area (Å²) in [5.74, 6) is -7.52. The van der Waals surface area contributed by atoms with Crippen LogP contribution in [0.5, 0.6) is 0 Å². The van der Waals surface area contributed by atoms with Crippen molar-refractivity contribution in [2.24, 2.45) is 40.9 Å². The van der Waals surface area contributed by atoms with Crippen molar-refractivity contribution in [3.05, 3.63) is 40.3 Å². The standard InChI is InChI=1S/C42H56F4N6O8S/c1-21-14-18-52(30(21)34(53)50-41(20-25(41)33(43)44)37(56)51-61(58,59)40(6)16-17-40)36(55)32(39(3,4)5)49-38(57)60-28-19-24-22(2)29(24)23(28)11-9-10-15-42(45,46)31-35(54)48-27-13-8-7-12-26(27)47-31/h7-8,12-13,21-25,28-30,32-33H,9-11,14-20H2,1-6H3,(H,48,54)(H,49,57)(H,50,53)(H,51,56). The summed E-state index contributed by atoms with van der Waals surface area (Å²) < 4.78 is 91.0. The number of unbranched alkanes of at least 4 members (excludes halogenated alkanes) is 1. The lowest BCUT2D eigenvalue weighted by molar-refractivity contribution is -0.143. The molecule has 14 nitrogen and oxygen atoms in total. The van der Waals surface area contributed by atoms with E-state index in [9.17, 15) is 41.2 Å². The molecule has 1 aromatic carbocycles. The molecular formula is C42H56F4N6O8S. The molecule has 336 valence electrons. The van der Waals surface area contributed by atoms with Gasteiger partial charge < -0.3 is 25.3 Å². The number of benzene rings is 1. The Morgan fingerprint density at radius 2 is 1.77 bits per heavy atom. The molecular weight excluding hydrogens is 825 g/mol. The van der Waals surface area contributed by atoms with Crippen LogP contribution in [0.3, 0.4) is 0 Å². The number of aromatic amines is 1. The molecule has 1 aromatic heterocycles. The molecule has 10 atom stereocenters. The SMILES string of the molecule is CC1CCN(C(=O)C(NC(=O)OC2CC3C(C)C3C2CCCCC(F)(F)c2nc3ccccc3[nH]c2=O)C(C)(C)C)C1C(=O)NC1(C(=O)NS(=O)(=O)C2(C)CC2)CC1C(F)F. The zero-order valence-corrected chi connectivity index (χ0v) is 36.1. The number of para-hydroxylation sites is 2. The first-order valence-corrected chi connectivity index (χ1v) is 22.7. The van der Waals surface area contributed by atoms with Crippen LogP contribution in [0.1, 0.15) is 105 Å². The Morgan fingerprint density at radius 1 is 1.08 bits per heavy atom. The van der Waals surface area contributed by atoms with Crippen molar-refractivity contribution in [1.82, 2.24) is 30.2 Å². The van der Waals surface area contributed by atoms with Gasteiger partial charge in [0.15, 0.2) is 5.69 Å². The number of fused-ring (bicyclic) bond motifs is 2. The van der Waals surface area contributed by atoms with Gasteiger partial charge in [-0.1, -0.05) is 53.2 Å². The van der Waals surface area contributed by atoms with E-state index in [4.69, 9.17) is 4.74 Å². The number of carbonyl (C=O) groups is 4. The molecule has 4 N–H and O–H groups in total. The summed E-state index contributed by atoms with van der Waals surface area (Å²) >= 11 is 0. The maximum Gasteiger partial charge on any atom is 0.408 e. The van der Waals surface area contributed by atoms with Crippen LogP contribution in [-0.2, 0) is 35.1 Å². The minimum Gasteiger partial charge on any atom is -0.446 e. The van der Waals surface area contributed by atoms with Crippen LogP contribution in [0.4, 0.5) is 22.4 Å². The van der Waals surface area contributed by atoms with E-state index in [-0.39, 0.29) is 30.3 Å². The Morgan fingerprint density at radius 3 is 2.41 bits per heavy atom. The fourth-order valence-electron chi connectivity index (χ4n) is 9.81. The maximum absolute atomic E-state index is 15.3. The monoisotopic (exact) mass is 880 g/mol. The average Bonchev–Trinajstić information content (AvgIpc) is 4.12. The molecule has 4 amide bonds. The number of H-pyrrole nitrogens is 1. The van der Waals surface area contributed by atoms with E-state index in [1.807, 2.05) is 4.72 Å². The summed E-state index contributed by atoms with van der Waals surface area (Å²) in [6.45, 7) is 10.5. The van der Waals surface area contributed by atoms with Crippen molar-refractivity contribution in [2.45, 2.75) is 140 Å². The Labute approximate surface area is 352 Å². The highest BCUT2D eigenvalue weighted by molar-refractivity contribution is 7.91. The quantitative estimate of drug-likeness (QED) is 0.135. The zero-order chi connectivity index (χ0) is 44.6. The van der Waals surface area contributed by atoms with Gasteiger partial charge in [0.2, 0.25) is 28.3 Å². The van der Waals surface area contributed by atoms with Gasteiger partial charge in [-0.3, -0.25) is 23.9 Å². The average molecular weight is 881 g/mol. The summed E-state index contributed by atoms with van der Waals surface area (Å²) in [4.78, 5) is 75.4. The predicted octanol–water partition coefficient (Wildman–Crippen LogP) is 5.36. The number of sulfonamides is 1. The number of amides is 4. The lowest BCUT2D eigenvalue weighted by atomic mass is 9.85. The first-order chi connectivity index (χ1) is 28.4. The third kappa shape index (κ3) is 8.60. The molecule has 2 aromatic rings. The molecule has 0 radical (unpaired) electrons. The number of ether oxygens (including phenoxy) is 1. The van der Waals surface area contributed by atoms with Gasteiger partial charge in [-0.05, 0) is 99.0 Å². The second kappa shape index (κ2) is 15.8. The third-order valence-electron chi connectivity index (χ3n) is 14.1. The molecule has 5 fully saturated rings. The van der Waals surface area contributed by atoms with E-state index in [0.717, 1.165) is 0 Å². The van der Waals surface area contributed by atoms with E-state index in [0.29, 0.717) is 55.9 Å². The summed E-state index contributed by atoms with van der Waals surface area (Å²) in [6.07, 6.45) is -3.01. The van der Waals surface area contributed by atoms with Crippen LogP contribution in [-0.4, -0.2) is 88.5 Å². The number of nitrogens with one attached hydrogen (secondary N) is 4. The largest absolute Gasteiger partial charge is 0.446 e. The molecule has 7 rings (SSSR count). The van der Waals surface area contributed by atoms with Gasteiger partial charge in [-0.15, -0.1) is 0 Å². The minimum absolute atomic E-state index is 0.0852. The smallest absolute Gasteiger partial charge is 0.408 e. The molecule has 5 aliphatic rings. The number of rotatable bonds is 15. The van der Waals surface area contributed by atoms with Gasteiger partial charge in [0, 0.05) is 13.0 Å². The molecule has 4 aliphatic carbocycles. The second-order valence-corrected chi connectivity index (χ2v) is 21.7. The van der Waals surface area contributed by atoms with Gasteiger partial charge in [0.1, 0.15) is 23.7 Å². The number of halogens is 4. The van der Waals surface area contributed by atoms with Gasteiger partial charge in [0.05, 0.1) is 21.7 Å². The van der Waals surface area contributed by atoms with Crippen LogP contribution >= 0.6 is 0 Å². The second-order valence-electron chi connectivity index (χ2n) is 19.5. The predicted molar refractivity (Wildman–Crippen MR) is 215 cm³/mol. The summed E-state index contributed by atoms with van der Waals surface area (Å²) in [6, 6.07) is 4.03. The van der Waals surface area contributed by atoms with Crippen LogP contribution in [0.15, 0.2) is 29.1 Å². The fourth-order valence-corrected chi connectivity index (χ4v) is 11.1. The number of hydrogen-bond acceptors (Lipinski definition) is 9. The summed E-state index contributed by atoms with van der Waals surface area (Å²) in [5, 5.41) is 5.13. The van der Waals surface area contributed by atoms with E-state index in [1.165, 1.54) is 11.8 Å². The fraction of sp³-hybridized carbons (Fsp3) is 0.714. The lowest BCUT2D eigenvalue weighted by Gasteiger charge is -2.36. The summed E-state index contributed by atoms with van der Waals surface area (Å²) in [7, 11) is -4.20. The van der Waals surface area contributed by atoms with Crippen LogP contribution in [0.2, 0.25) is 0 Å². The minimum atomic E-state index is -4.20. The number of hydrogen-bond donors (Lipinski definition) is 4. The van der Waals surface area contributed by atoms with Crippen molar-refractivity contribution < 1.29 is 49.9 Å². The number of alkyl halides is 4. The van der Waals surface area contributed by atoms with Crippen molar-refractivity contribution >= 4 is 44.9 Å². The number of carbonyl (C=O) groups excluding carboxylic acids is 4. The van der Waals surface area contributed by atoms with Crippen molar-refractivity contribution in [3.8, 4) is 0 Å². The number of alkyl carbamates (subject to hydrolysis) is 1. The van der Waals surface area contributed by atoms with Gasteiger partial charge in [0.25, 0.3) is 17.4 Å². The lowest BCUT2D eigenvalue weighted by Crippen LogP contribution is -2.61. The third-order valence-corrected chi connectivity index (χ3v) is 16.3. The highest BCUT2D eigenvalue weighted by Gasteiger charge is 2.67. The van der Waals surface area contributed by atoms with Gasteiger partial charge in [-0.25, -0.2) is 27.0 Å². The topological polar surface area (TPSA) is 197 Å². The number of nitrogens with zero attached hydrogens (tertiary/aromatic N) is 2. The highest BCUT2D eigenvalue weighted by atomic mass is 32.2.